The Morgan fingerprint density at radius 1 is 1.07 bits per heavy atom. The molecule has 3 aromatic heterocycles. The van der Waals surface area contributed by atoms with Gasteiger partial charge in [0.2, 0.25) is 0 Å². The van der Waals surface area contributed by atoms with Crippen molar-refractivity contribution in [2.24, 2.45) is 0 Å². The standard InChI is InChI=1S/C23H19FN4O/c24-16-11-17(27-12-16)14-29-20-13-25-10-8-18(20)22-21(15-5-2-1-3-6-15)23-19(28-22)7-4-9-26-23/h1-10,12-13,17,27-28H,11,14H2. The number of pyridine rings is 2. The predicted octanol–water partition coefficient (Wildman–Crippen LogP) is 4.84. The van der Waals surface area contributed by atoms with Crippen LogP contribution in [0.2, 0.25) is 0 Å². The van der Waals surface area contributed by atoms with Gasteiger partial charge in [0.1, 0.15) is 18.2 Å². The second kappa shape index (κ2) is 7.39. The molecule has 29 heavy (non-hydrogen) atoms. The lowest BCUT2D eigenvalue weighted by Crippen LogP contribution is -2.27. The van der Waals surface area contributed by atoms with Crippen LogP contribution < -0.4 is 10.1 Å². The topological polar surface area (TPSA) is 62.8 Å². The third kappa shape index (κ3) is 3.33. The summed E-state index contributed by atoms with van der Waals surface area (Å²) in [5.74, 6) is 0.489. The molecule has 6 heteroatoms. The summed E-state index contributed by atoms with van der Waals surface area (Å²) in [5.41, 5.74) is 5.75. The van der Waals surface area contributed by atoms with E-state index in [4.69, 9.17) is 4.74 Å². The van der Waals surface area contributed by atoms with Gasteiger partial charge in [-0.25, -0.2) is 4.39 Å². The number of rotatable bonds is 5. The quantitative estimate of drug-likeness (QED) is 0.515. The van der Waals surface area contributed by atoms with Gasteiger partial charge in [0.05, 0.1) is 29.0 Å². The number of nitrogens with zero attached hydrogens (tertiary/aromatic N) is 2. The first kappa shape index (κ1) is 17.4. The Bertz CT molecular complexity index is 1190. The van der Waals surface area contributed by atoms with Crippen molar-refractivity contribution in [3.63, 3.8) is 0 Å². The van der Waals surface area contributed by atoms with E-state index in [1.165, 1.54) is 6.20 Å². The minimum Gasteiger partial charge on any atom is -0.489 e. The first-order chi connectivity index (χ1) is 14.3. The molecule has 2 N–H and O–H groups in total. The van der Waals surface area contributed by atoms with E-state index in [9.17, 15) is 4.39 Å². The second-order valence-corrected chi connectivity index (χ2v) is 6.98. The highest BCUT2D eigenvalue weighted by atomic mass is 19.1. The molecule has 1 atom stereocenters. The maximum Gasteiger partial charge on any atom is 0.147 e. The number of aromatic nitrogens is 3. The van der Waals surface area contributed by atoms with E-state index >= 15 is 0 Å². The molecule has 0 bridgehead atoms. The molecule has 1 aliphatic heterocycles. The summed E-state index contributed by atoms with van der Waals surface area (Å²) >= 11 is 0. The molecule has 1 aliphatic rings. The summed E-state index contributed by atoms with van der Waals surface area (Å²) < 4.78 is 19.4. The van der Waals surface area contributed by atoms with Gasteiger partial charge >= 0.3 is 0 Å². The van der Waals surface area contributed by atoms with Crippen molar-refractivity contribution in [1.82, 2.24) is 20.3 Å². The summed E-state index contributed by atoms with van der Waals surface area (Å²) in [5, 5.41) is 2.99. The van der Waals surface area contributed by atoms with Gasteiger partial charge in [0.25, 0.3) is 0 Å². The van der Waals surface area contributed by atoms with Gasteiger partial charge in [-0.05, 0) is 23.8 Å². The number of halogens is 1. The fraction of sp³-hybridized carbons (Fsp3) is 0.130. The zero-order valence-corrected chi connectivity index (χ0v) is 15.6. The lowest BCUT2D eigenvalue weighted by atomic mass is 10.0. The smallest absolute Gasteiger partial charge is 0.147 e. The van der Waals surface area contributed by atoms with Crippen LogP contribution >= 0.6 is 0 Å². The van der Waals surface area contributed by atoms with Crippen LogP contribution in [0.1, 0.15) is 6.42 Å². The largest absolute Gasteiger partial charge is 0.489 e. The molecule has 0 amide bonds. The zero-order valence-electron chi connectivity index (χ0n) is 15.6. The average molecular weight is 386 g/mol. The third-order valence-electron chi connectivity index (χ3n) is 5.03. The zero-order chi connectivity index (χ0) is 19.6. The van der Waals surface area contributed by atoms with E-state index in [1.807, 2.05) is 36.4 Å². The van der Waals surface area contributed by atoms with Crippen LogP contribution in [-0.2, 0) is 0 Å². The summed E-state index contributed by atoms with van der Waals surface area (Å²) in [6, 6.07) is 15.9. The maximum atomic E-state index is 13.3. The summed E-state index contributed by atoms with van der Waals surface area (Å²) in [6.07, 6.45) is 6.96. The Balaban J connectivity index is 1.58. The van der Waals surface area contributed by atoms with E-state index in [1.54, 1.807) is 18.6 Å². The molecular weight excluding hydrogens is 367 g/mol. The van der Waals surface area contributed by atoms with Crippen LogP contribution in [0.25, 0.3) is 33.4 Å². The SMILES string of the molecule is FC1=CNC(COc2cnccc2-c2[nH]c3cccnc3c2-c2ccccc2)C1. The molecule has 4 heterocycles. The summed E-state index contributed by atoms with van der Waals surface area (Å²) in [6.45, 7) is 0.349. The number of nitrogens with one attached hydrogen (secondary N) is 2. The minimum absolute atomic E-state index is 0.0824. The van der Waals surface area contributed by atoms with Crippen molar-refractivity contribution in [2.45, 2.75) is 12.5 Å². The van der Waals surface area contributed by atoms with Crippen molar-refractivity contribution in [2.75, 3.05) is 6.61 Å². The molecule has 1 unspecified atom stereocenters. The molecule has 0 spiro atoms. The van der Waals surface area contributed by atoms with Crippen molar-refractivity contribution in [3.05, 3.63) is 79.1 Å². The lowest BCUT2D eigenvalue weighted by Gasteiger charge is -2.15. The Hall–Kier alpha value is -3.67. The van der Waals surface area contributed by atoms with Crippen molar-refractivity contribution < 1.29 is 9.13 Å². The van der Waals surface area contributed by atoms with E-state index in [2.05, 4.69) is 32.4 Å². The number of fused-ring (bicyclic) bond motifs is 1. The molecule has 5 rings (SSSR count). The van der Waals surface area contributed by atoms with Crippen LogP contribution in [0.4, 0.5) is 4.39 Å². The molecule has 0 aliphatic carbocycles. The minimum atomic E-state index is -0.155. The van der Waals surface area contributed by atoms with E-state index in [0.29, 0.717) is 18.8 Å². The van der Waals surface area contributed by atoms with Crippen molar-refractivity contribution in [3.8, 4) is 28.1 Å². The molecular formula is C23H19FN4O. The number of benzene rings is 1. The highest BCUT2D eigenvalue weighted by Gasteiger charge is 2.21. The normalized spacial score (nSPS) is 15.9. The highest BCUT2D eigenvalue weighted by molar-refractivity contribution is 6.02. The Morgan fingerprint density at radius 2 is 1.97 bits per heavy atom. The third-order valence-corrected chi connectivity index (χ3v) is 5.03. The Kier molecular flexibility index (Phi) is 4.44. The second-order valence-electron chi connectivity index (χ2n) is 6.98. The highest BCUT2D eigenvalue weighted by Crippen LogP contribution is 2.40. The van der Waals surface area contributed by atoms with Gasteiger partial charge in [-0.2, -0.15) is 0 Å². The van der Waals surface area contributed by atoms with Crippen LogP contribution in [0.3, 0.4) is 0 Å². The fourth-order valence-corrected chi connectivity index (χ4v) is 3.67. The van der Waals surface area contributed by atoms with Gasteiger partial charge in [-0.1, -0.05) is 30.3 Å². The van der Waals surface area contributed by atoms with Crippen LogP contribution in [0.5, 0.6) is 5.75 Å². The van der Waals surface area contributed by atoms with Crippen LogP contribution in [0, 0.1) is 0 Å². The summed E-state index contributed by atoms with van der Waals surface area (Å²) in [7, 11) is 0. The number of ether oxygens (including phenoxy) is 1. The van der Waals surface area contributed by atoms with Gasteiger partial charge in [-0.3, -0.25) is 9.97 Å². The summed E-state index contributed by atoms with van der Waals surface area (Å²) in [4.78, 5) is 12.3. The van der Waals surface area contributed by atoms with Gasteiger partial charge in [0, 0.05) is 36.1 Å². The molecule has 0 saturated carbocycles. The van der Waals surface area contributed by atoms with E-state index < -0.39 is 0 Å². The first-order valence-corrected chi connectivity index (χ1v) is 9.49. The Labute approximate surface area is 167 Å². The molecule has 144 valence electrons. The van der Waals surface area contributed by atoms with Crippen LogP contribution in [0.15, 0.2) is 79.1 Å². The molecule has 5 nitrogen and oxygen atoms in total. The predicted molar refractivity (Wildman–Crippen MR) is 111 cm³/mol. The number of aromatic amines is 1. The fourth-order valence-electron chi connectivity index (χ4n) is 3.67. The van der Waals surface area contributed by atoms with Crippen molar-refractivity contribution in [1.29, 1.82) is 0 Å². The Morgan fingerprint density at radius 3 is 2.79 bits per heavy atom. The number of hydrogen-bond donors (Lipinski definition) is 2. The van der Waals surface area contributed by atoms with Gasteiger partial charge < -0.3 is 15.0 Å². The molecule has 0 radical (unpaired) electrons. The molecule has 0 saturated heterocycles. The lowest BCUT2D eigenvalue weighted by molar-refractivity contribution is 0.277. The van der Waals surface area contributed by atoms with Gasteiger partial charge in [-0.15, -0.1) is 0 Å². The number of hydrogen-bond acceptors (Lipinski definition) is 4. The first-order valence-electron chi connectivity index (χ1n) is 9.49. The number of H-pyrrole nitrogens is 1. The molecule has 1 aromatic carbocycles. The van der Waals surface area contributed by atoms with Crippen molar-refractivity contribution >= 4 is 11.0 Å². The average Bonchev–Trinajstić information content (AvgIpc) is 3.36. The maximum absolute atomic E-state index is 13.3. The van der Waals surface area contributed by atoms with Crippen LogP contribution in [-0.4, -0.2) is 27.6 Å². The monoisotopic (exact) mass is 386 g/mol. The van der Waals surface area contributed by atoms with E-state index in [-0.39, 0.29) is 11.9 Å². The molecule has 0 fully saturated rings. The molecule has 4 aromatic rings. The van der Waals surface area contributed by atoms with E-state index in [0.717, 1.165) is 33.4 Å². The van der Waals surface area contributed by atoms with Gasteiger partial charge in [0.15, 0.2) is 0 Å².